The summed E-state index contributed by atoms with van der Waals surface area (Å²) in [5.74, 6) is -0.384. The second-order valence-corrected chi connectivity index (χ2v) is 4.89. The zero-order valence-corrected chi connectivity index (χ0v) is 12.3. The van der Waals surface area contributed by atoms with Gasteiger partial charge >= 0.3 is 5.97 Å². The second kappa shape index (κ2) is 6.64. The van der Waals surface area contributed by atoms with Crippen molar-refractivity contribution in [1.82, 2.24) is 0 Å². The molecule has 1 N–H and O–H groups in total. The lowest BCUT2D eigenvalue weighted by molar-refractivity contribution is 0.0602. The molecular formula is C15H13Cl2NO2. The van der Waals surface area contributed by atoms with E-state index in [9.17, 15) is 4.79 Å². The fourth-order valence-corrected chi connectivity index (χ4v) is 2.19. The van der Waals surface area contributed by atoms with Gasteiger partial charge in [-0.2, -0.15) is 0 Å². The zero-order chi connectivity index (χ0) is 14.5. The van der Waals surface area contributed by atoms with Crippen LogP contribution in [0.4, 0.5) is 5.69 Å². The van der Waals surface area contributed by atoms with Crippen LogP contribution in [0.5, 0.6) is 0 Å². The molecule has 0 saturated carbocycles. The molecule has 2 aromatic rings. The van der Waals surface area contributed by atoms with E-state index in [-0.39, 0.29) is 5.97 Å². The molecule has 5 heteroatoms. The van der Waals surface area contributed by atoms with Gasteiger partial charge in [0, 0.05) is 12.2 Å². The van der Waals surface area contributed by atoms with Gasteiger partial charge in [0.15, 0.2) is 0 Å². The summed E-state index contributed by atoms with van der Waals surface area (Å²) in [5, 5.41) is 4.19. The van der Waals surface area contributed by atoms with Gasteiger partial charge in [0.1, 0.15) is 0 Å². The van der Waals surface area contributed by atoms with E-state index in [0.717, 1.165) is 5.56 Å². The average molecular weight is 310 g/mol. The summed E-state index contributed by atoms with van der Waals surface area (Å²) in [6.07, 6.45) is 0. The highest BCUT2D eigenvalue weighted by Crippen LogP contribution is 2.26. The maximum Gasteiger partial charge on any atom is 0.339 e. The molecule has 0 aliphatic heterocycles. The number of nitrogens with one attached hydrogen (secondary N) is 1. The van der Waals surface area contributed by atoms with Crippen LogP contribution in [-0.4, -0.2) is 13.1 Å². The highest BCUT2D eigenvalue weighted by Gasteiger charge is 2.11. The molecule has 2 rings (SSSR count). The number of anilines is 1. The van der Waals surface area contributed by atoms with E-state index >= 15 is 0 Å². The van der Waals surface area contributed by atoms with E-state index in [0.29, 0.717) is 27.8 Å². The first-order valence-corrected chi connectivity index (χ1v) is 6.73. The lowest BCUT2D eigenvalue weighted by atomic mass is 10.1. The Labute approximate surface area is 127 Å². The van der Waals surface area contributed by atoms with Crippen LogP contribution < -0.4 is 5.32 Å². The van der Waals surface area contributed by atoms with Crippen LogP contribution in [-0.2, 0) is 11.3 Å². The molecule has 104 valence electrons. The number of rotatable bonds is 4. The number of hydrogen-bond donors (Lipinski definition) is 1. The quantitative estimate of drug-likeness (QED) is 0.851. The molecule has 0 amide bonds. The Kier molecular flexibility index (Phi) is 4.88. The summed E-state index contributed by atoms with van der Waals surface area (Å²) in [7, 11) is 1.35. The van der Waals surface area contributed by atoms with E-state index in [1.165, 1.54) is 7.11 Å². The first-order valence-electron chi connectivity index (χ1n) is 5.97. The Hall–Kier alpha value is -1.71. The van der Waals surface area contributed by atoms with Crippen LogP contribution in [0.2, 0.25) is 10.0 Å². The standard InChI is InChI=1S/C15H13Cl2NO2/c1-20-15(19)11-6-2-3-8-13(11)18-9-10-5-4-7-12(16)14(10)17/h2-8,18H,9H2,1H3. The van der Waals surface area contributed by atoms with Crippen molar-refractivity contribution in [1.29, 1.82) is 0 Å². The van der Waals surface area contributed by atoms with Crippen molar-refractivity contribution in [2.24, 2.45) is 0 Å². The SMILES string of the molecule is COC(=O)c1ccccc1NCc1cccc(Cl)c1Cl. The number of esters is 1. The van der Waals surface area contributed by atoms with Crippen LogP contribution >= 0.6 is 23.2 Å². The van der Waals surface area contributed by atoms with E-state index in [4.69, 9.17) is 27.9 Å². The van der Waals surface area contributed by atoms with Crippen molar-refractivity contribution in [3.05, 3.63) is 63.6 Å². The normalized spacial score (nSPS) is 10.2. The average Bonchev–Trinajstić information content (AvgIpc) is 2.48. The topological polar surface area (TPSA) is 38.3 Å². The molecule has 3 nitrogen and oxygen atoms in total. The van der Waals surface area contributed by atoms with E-state index in [1.54, 1.807) is 18.2 Å². The molecule has 0 aliphatic rings. The zero-order valence-electron chi connectivity index (χ0n) is 10.8. The summed E-state index contributed by atoms with van der Waals surface area (Å²) in [6, 6.07) is 12.6. The summed E-state index contributed by atoms with van der Waals surface area (Å²) in [4.78, 5) is 11.7. The summed E-state index contributed by atoms with van der Waals surface area (Å²) in [6.45, 7) is 0.466. The molecule has 0 aromatic heterocycles. The van der Waals surface area contributed by atoms with Crippen LogP contribution in [0.15, 0.2) is 42.5 Å². The molecule has 20 heavy (non-hydrogen) atoms. The van der Waals surface area contributed by atoms with Crippen molar-refractivity contribution in [2.45, 2.75) is 6.54 Å². The van der Waals surface area contributed by atoms with Crippen LogP contribution in [0.25, 0.3) is 0 Å². The van der Waals surface area contributed by atoms with Gasteiger partial charge in [0.25, 0.3) is 0 Å². The fourth-order valence-electron chi connectivity index (χ4n) is 1.80. The monoisotopic (exact) mass is 309 g/mol. The number of benzene rings is 2. The molecule has 0 aliphatic carbocycles. The van der Waals surface area contributed by atoms with Gasteiger partial charge in [-0.3, -0.25) is 0 Å². The third kappa shape index (κ3) is 3.24. The Bertz CT molecular complexity index is 629. The van der Waals surface area contributed by atoms with Crippen molar-refractivity contribution in [3.8, 4) is 0 Å². The minimum absolute atomic E-state index is 0.384. The lowest BCUT2D eigenvalue weighted by Gasteiger charge is -2.12. The third-order valence-corrected chi connectivity index (χ3v) is 3.69. The maximum absolute atomic E-state index is 11.7. The van der Waals surface area contributed by atoms with E-state index < -0.39 is 0 Å². The van der Waals surface area contributed by atoms with E-state index in [2.05, 4.69) is 5.32 Å². The minimum atomic E-state index is -0.384. The van der Waals surface area contributed by atoms with Crippen LogP contribution in [0.3, 0.4) is 0 Å². The molecule has 0 spiro atoms. The van der Waals surface area contributed by atoms with Crippen molar-refractivity contribution >= 4 is 34.9 Å². The lowest BCUT2D eigenvalue weighted by Crippen LogP contribution is -2.08. The summed E-state index contributed by atoms with van der Waals surface area (Å²) < 4.78 is 4.75. The van der Waals surface area contributed by atoms with Gasteiger partial charge < -0.3 is 10.1 Å². The third-order valence-electron chi connectivity index (χ3n) is 2.83. The number of carbonyl (C=O) groups is 1. The van der Waals surface area contributed by atoms with E-state index in [1.807, 2.05) is 24.3 Å². The number of carbonyl (C=O) groups excluding carboxylic acids is 1. The second-order valence-electron chi connectivity index (χ2n) is 4.10. The van der Waals surface area contributed by atoms with Gasteiger partial charge in [-0.25, -0.2) is 4.79 Å². The maximum atomic E-state index is 11.7. The highest BCUT2D eigenvalue weighted by atomic mass is 35.5. The molecule has 0 radical (unpaired) electrons. The smallest absolute Gasteiger partial charge is 0.339 e. The fraction of sp³-hybridized carbons (Fsp3) is 0.133. The minimum Gasteiger partial charge on any atom is -0.465 e. The Morgan fingerprint density at radius 3 is 2.65 bits per heavy atom. The molecule has 0 heterocycles. The molecule has 0 fully saturated rings. The molecule has 0 bridgehead atoms. The Balaban J connectivity index is 2.19. The number of para-hydroxylation sites is 1. The van der Waals surface area contributed by atoms with Crippen LogP contribution in [0, 0.1) is 0 Å². The molecular weight excluding hydrogens is 297 g/mol. The number of ether oxygens (including phenoxy) is 1. The predicted molar refractivity (Wildman–Crippen MR) is 81.6 cm³/mol. The first-order chi connectivity index (χ1) is 9.63. The largest absolute Gasteiger partial charge is 0.465 e. The predicted octanol–water partition coefficient (Wildman–Crippen LogP) is 4.39. The number of halogens is 2. The number of hydrogen-bond acceptors (Lipinski definition) is 3. The summed E-state index contributed by atoms with van der Waals surface area (Å²) in [5.41, 5.74) is 2.03. The van der Waals surface area contributed by atoms with Crippen LogP contribution in [0.1, 0.15) is 15.9 Å². The molecule has 0 atom stereocenters. The van der Waals surface area contributed by atoms with Gasteiger partial charge in [-0.05, 0) is 23.8 Å². The first kappa shape index (κ1) is 14.7. The molecule has 0 saturated heterocycles. The van der Waals surface area contributed by atoms with Crippen molar-refractivity contribution in [3.63, 3.8) is 0 Å². The van der Waals surface area contributed by atoms with Crippen molar-refractivity contribution in [2.75, 3.05) is 12.4 Å². The van der Waals surface area contributed by atoms with Gasteiger partial charge in [0.05, 0.1) is 22.7 Å². The number of methoxy groups -OCH3 is 1. The van der Waals surface area contributed by atoms with Gasteiger partial charge in [0.2, 0.25) is 0 Å². The van der Waals surface area contributed by atoms with Crippen molar-refractivity contribution < 1.29 is 9.53 Å². The summed E-state index contributed by atoms with van der Waals surface area (Å²) >= 11 is 12.1. The Morgan fingerprint density at radius 2 is 1.90 bits per heavy atom. The Morgan fingerprint density at radius 1 is 1.15 bits per heavy atom. The molecule has 0 unspecified atom stereocenters. The highest BCUT2D eigenvalue weighted by molar-refractivity contribution is 6.42. The molecule has 2 aromatic carbocycles. The van der Waals surface area contributed by atoms with Gasteiger partial charge in [-0.1, -0.05) is 47.5 Å². The van der Waals surface area contributed by atoms with Gasteiger partial charge in [-0.15, -0.1) is 0 Å².